The van der Waals surface area contributed by atoms with Crippen molar-refractivity contribution in [1.29, 1.82) is 0 Å². The molecule has 0 saturated carbocycles. The number of fused-ring (bicyclic) bond motifs is 6. The SMILES string of the molecule is c1ccc(-c2nc(-c3ccc(-c4cccnc4-c4ccc5c(c4)oc4ccccc45)cc3)cc(-c3cccc4sc5ccccc5c34)n2)cc1. The molecule has 0 aliphatic carbocycles. The minimum atomic E-state index is 0.703. The van der Waals surface area contributed by atoms with Gasteiger partial charge in [-0.1, -0.05) is 115 Å². The normalized spacial score (nSPS) is 11.6. The standard InChI is InChI=1S/C45H27N3OS/c1-2-10-30(11-3-1)45-47-37(27-38(48-45)35-14-8-18-42-43(35)36-13-5-7-17-41(36)50-42)29-21-19-28(20-22-29)32-15-9-25-46-44(32)31-23-24-34-33-12-4-6-16-39(33)49-40(34)26-31/h1-27H. The van der Waals surface area contributed by atoms with E-state index in [1.165, 1.54) is 20.2 Å². The van der Waals surface area contributed by atoms with E-state index in [0.29, 0.717) is 5.82 Å². The number of hydrogen-bond acceptors (Lipinski definition) is 5. The third-order valence-electron chi connectivity index (χ3n) is 9.39. The maximum Gasteiger partial charge on any atom is 0.160 e. The van der Waals surface area contributed by atoms with Crippen molar-refractivity contribution in [1.82, 2.24) is 15.0 Å². The van der Waals surface area contributed by atoms with Crippen molar-refractivity contribution in [2.24, 2.45) is 0 Å². The zero-order valence-corrected chi connectivity index (χ0v) is 27.6. The number of benzene rings is 6. The Labute approximate surface area is 292 Å². The van der Waals surface area contributed by atoms with Crippen LogP contribution < -0.4 is 0 Å². The van der Waals surface area contributed by atoms with Crippen LogP contribution in [0.5, 0.6) is 0 Å². The molecule has 0 spiro atoms. The second-order valence-electron chi connectivity index (χ2n) is 12.4. The predicted molar refractivity (Wildman–Crippen MR) is 207 cm³/mol. The molecule has 0 aliphatic heterocycles. The van der Waals surface area contributed by atoms with Crippen molar-refractivity contribution in [2.75, 3.05) is 0 Å². The molecule has 0 fully saturated rings. The fraction of sp³-hybridized carbons (Fsp3) is 0. The van der Waals surface area contributed by atoms with Crippen LogP contribution >= 0.6 is 11.3 Å². The number of thiophene rings is 1. The molecule has 234 valence electrons. The van der Waals surface area contributed by atoms with E-state index in [1.807, 2.05) is 60.0 Å². The second-order valence-corrected chi connectivity index (χ2v) is 13.5. The summed E-state index contributed by atoms with van der Waals surface area (Å²) < 4.78 is 8.73. The molecule has 0 saturated heterocycles. The van der Waals surface area contributed by atoms with Gasteiger partial charge in [-0.3, -0.25) is 4.98 Å². The van der Waals surface area contributed by atoms with E-state index in [9.17, 15) is 0 Å². The average Bonchev–Trinajstić information content (AvgIpc) is 3.76. The van der Waals surface area contributed by atoms with Gasteiger partial charge in [0.25, 0.3) is 0 Å². The lowest BCUT2D eigenvalue weighted by atomic mass is 9.97. The monoisotopic (exact) mass is 657 g/mol. The first-order chi connectivity index (χ1) is 24.8. The van der Waals surface area contributed by atoms with Gasteiger partial charge in [-0.15, -0.1) is 11.3 Å². The molecule has 5 heteroatoms. The van der Waals surface area contributed by atoms with Crippen LogP contribution in [0.3, 0.4) is 0 Å². The van der Waals surface area contributed by atoms with Crippen molar-refractivity contribution >= 4 is 53.4 Å². The van der Waals surface area contributed by atoms with E-state index in [1.54, 1.807) is 0 Å². The third-order valence-corrected chi connectivity index (χ3v) is 10.5. The summed E-state index contributed by atoms with van der Waals surface area (Å²) in [6.45, 7) is 0. The molecule has 10 aromatic rings. The fourth-order valence-electron chi connectivity index (χ4n) is 7.00. The van der Waals surface area contributed by atoms with Crippen LogP contribution in [0.1, 0.15) is 0 Å². The van der Waals surface area contributed by atoms with E-state index < -0.39 is 0 Å². The van der Waals surface area contributed by atoms with E-state index in [2.05, 4.69) is 115 Å². The van der Waals surface area contributed by atoms with Gasteiger partial charge in [-0.05, 0) is 48.0 Å². The minimum absolute atomic E-state index is 0.703. The first-order valence-electron chi connectivity index (χ1n) is 16.6. The van der Waals surface area contributed by atoms with Gasteiger partial charge < -0.3 is 4.42 Å². The molecule has 50 heavy (non-hydrogen) atoms. The van der Waals surface area contributed by atoms with Gasteiger partial charge in [0.15, 0.2) is 5.82 Å². The summed E-state index contributed by atoms with van der Waals surface area (Å²) in [7, 11) is 0. The molecule has 0 atom stereocenters. The van der Waals surface area contributed by atoms with E-state index in [4.69, 9.17) is 19.4 Å². The Morgan fingerprint density at radius 2 is 1.14 bits per heavy atom. The van der Waals surface area contributed by atoms with E-state index >= 15 is 0 Å². The number of furan rings is 1. The minimum Gasteiger partial charge on any atom is -0.456 e. The van der Waals surface area contributed by atoms with Crippen molar-refractivity contribution < 1.29 is 4.42 Å². The Hall–Kier alpha value is -6.43. The van der Waals surface area contributed by atoms with Gasteiger partial charge in [0, 0.05) is 65.0 Å². The largest absolute Gasteiger partial charge is 0.456 e. The lowest BCUT2D eigenvalue weighted by molar-refractivity contribution is 0.669. The second kappa shape index (κ2) is 11.6. The Kier molecular flexibility index (Phi) is 6.64. The lowest BCUT2D eigenvalue weighted by Gasteiger charge is -2.12. The molecule has 4 nitrogen and oxygen atoms in total. The topological polar surface area (TPSA) is 51.8 Å². The smallest absolute Gasteiger partial charge is 0.160 e. The summed E-state index contributed by atoms with van der Waals surface area (Å²) in [4.78, 5) is 15.1. The van der Waals surface area contributed by atoms with Crippen LogP contribution in [0, 0.1) is 0 Å². The maximum atomic E-state index is 6.21. The fourth-order valence-corrected chi connectivity index (χ4v) is 8.13. The van der Waals surface area contributed by atoms with Crippen molar-refractivity contribution in [3.63, 3.8) is 0 Å². The zero-order valence-electron chi connectivity index (χ0n) is 26.7. The Bertz CT molecular complexity index is 2870. The summed E-state index contributed by atoms with van der Waals surface area (Å²) >= 11 is 1.82. The predicted octanol–water partition coefficient (Wildman–Crippen LogP) is 12.5. The number of rotatable bonds is 5. The van der Waals surface area contributed by atoms with Crippen LogP contribution in [-0.2, 0) is 0 Å². The summed E-state index contributed by atoms with van der Waals surface area (Å²) in [5.41, 5.74) is 10.7. The average molecular weight is 658 g/mol. The van der Waals surface area contributed by atoms with Gasteiger partial charge in [-0.2, -0.15) is 0 Å². The quantitative estimate of drug-likeness (QED) is 0.185. The molecule has 0 bridgehead atoms. The summed E-state index contributed by atoms with van der Waals surface area (Å²) in [6.07, 6.45) is 1.85. The first-order valence-corrected chi connectivity index (χ1v) is 17.4. The Morgan fingerprint density at radius 1 is 0.440 bits per heavy atom. The molecular weight excluding hydrogens is 631 g/mol. The molecule has 6 aromatic carbocycles. The van der Waals surface area contributed by atoms with Crippen molar-refractivity contribution in [2.45, 2.75) is 0 Å². The van der Waals surface area contributed by atoms with Crippen LogP contribution in [0.25, 0.3) is 98.4 Å². The van der Waals surface area contributed by atoms with Crippen LogP contribution in [0.15, 0.2) is 168 Å². The number of para-hydroxylation sites is 1. The van der Waals surface area contributed by atoms with E-state index in [-0.39, 0.29) is 0 Å². The van der Waals surface area contributed by atoms with Crippen LogP contribution in [0.2, 0.25) is 0 Å². The highest BCUT2D eigenvalue weighted by Crippen LogP contribution is 2.41. The zero-order chi connectivity index (χ0) is 33.0. The number of pyridine rings is 1. The molecule has 0 aliphatic rings. The van der Waals surface area contributed by atoms with E-state index in [0.717, 1.165) is 72.4 Å². The number of nitrogens with zero attached hydrogens (tertiary/aromatic N) is 3. The van der Waals surface area contributed by atoms with Gasteiger partial charge in [-0.25, -0.2) is 9.97 Å². The van der Waals surface area contributed by atoms with Crippen LogP contribution in [-0.4, -0.2) is 15.0 Å². The van der Waals surface area contributed by atoms with Gasteiger partial charge in [0.2, 0.25) is 0 Å². The number of hydrogen-bond donors (Lipinski definition) is 0. The molecule has 0 amide bonds. The molecule has 0 radical (unpaired) electrons. The van der Waals surface area contributed by atoms with Crippen molar-refractivity contribution in [3.8, 4) is 56.3 Å². The summed E-state index contributed by atoms with van der Waals surface area (Å²) in [6, 6.07) is 54.7. The Morgan fingerprint density at radius 3 is 2.04 bits per heavy atom. The summed E-state index contributed by atoms with van der Waals surface area (Å²) in [5.74, 6) is 0.703. The molecule has 0 N–H and O–H groups in total. The molecular formula is C45H27N3OS. The van der Waals surface area contributed by atoms with Gasteiger partial charge in [0.1, 0.15) is 11.2 Å². The molecule has 4 heterocycles. The molecule has 0 unspecified atom stereocenters. The highest BCUT2D eigenvalue weighted by Gasteiger charge is 2.17. The molecule has 10 rings (SSSR count). The highest BCUT2D eigenvalue weighted by atomic mass is 32.1. The van der Waals surface area contributed by atoms with Crippen LogP contribution in [0.4, 0.5) is 0 Å². The Balaban J connectivity index is 1.08. The number of aromatic nitrogens is 3. The highest BCUT2D eigenvalue weighted by molar-refractivity contribution is 7.25. The molecule has 4 aromatic heterocycles. The van der Waals surface area contributed by atoms with Crippen molar-refractivity contribution in [3.05, 3.63) is 164 Å². The van der Waals surface area contributed by atoms with Gasteiger partial charge >= 0.3 is 0 Å². The van der Waals surface area contributed by atoms with Gasteiger partial charge in [0.05, 0.1) is 17.1 Å². The third kappa shape index (κ3) is 4.79. The maximum absolute atomic E-state index is 6.21. The first kappa shape index (κ1) is 28.6. The summed E-state index contributed by atoms with van der Waals surface area (Å²) in [5, 5.41) is 4.71. The lowest BCUT2D eigenvalue weighted by Crippen LogP contribution is -1.96.